The van der Waals surface area contributed by atoms with Crippen molar-refractivity contribution in [3.8, 4) is 11.5 Å². The molecule has 192 valence electrons. The van der Waals surface area contributed by atoms with Gasteiger partial charge in [-0.15, -0.1) is 0 Å². The molecule has 2 aromatic carbocycles. The number of methoxy groups -OCH3 is 3. The zero-order valence-corrected chi connectivity index (χ0v) is 21.4. The van der Waals surface area contributed by atoms with Gasteiger partial charge in [-0.25, -0.2) is 9.59 Å². The summed E-state index contributed by atoms with van der Waals surface area (Å²) in [6, 6.07) is 8.71. The third-order valence-electron chi connectivity index (χ3n) is 6.33. The maximum Gasteiger partial charge on any atom is 0.342 e. The van der Waals surface area contributed by atoms with Crippen LogP contribution < -0.4 is 14.8 Å². The largest absolute Gasteiger partial charge is 0.496 e. The van der Waals surface area contributed by atoms with Gasteiger partial charge in [-0.1, -0.05) is 42.0 Å². The average molecular weight is 496 g/mol. The van der Waals surface area contributed by atoms with Gasteiger partial charge in [0, 0.05) is 24.0 Å². The lowest BCUT2D eigenvalue weighted by Gasteiger charge is -2.18. The van der Waals surface area contributed by atoms with Crippen LogP contribution in [0.15, 0.2) is 42.0 Å². The molecule has 0 aliphatic carbocycles. The number of ether oxygens (including phenoxy) is 4. The van der Waals surface area contributed by atoms with Gasteiger partial charge in [0.1, 0.15) is 29.7 Å². The maximum atomic E-state index is 12.6. The lowest BCUT2D eigenvalue weighted by Crippen LogP contribution is -2.43. The zero-order valence-electron chi connectivity index (χ0n) is 21.4. The molecule has 0 saturated carbocycles. The van der Waals surface area contributed by atoms with E-state index in [1.165, 1.54) is 14.2 Å². The summed E-state index contributed by atoms with van der Waals surface area (Å²) in [4.78, 5) is 37.1. The molecule has 0 radical (unpaired) electrons. The van der Waals surface area contributed by atoms with Crippen molar-refractivity contribution < 1.29 is 33.3 Å². The van der Waals surface area contributed by atoms with E-state index in [-0.39, 0.29) is 18.9 Å². The second-order valence-corrected chi connectivity index (χ2v) is 8.69. The van der Waals surface area contributed by atoms with Gasteiger partial charge in [0.25, 0.3) is 0 Å². The Labute approximate surface area is 211 Å². The summed E-state index contributed by atoms with van der Waals surface area (Å²) in [6.07, 6.45) is 3.52. The number of fused-ring (bicyclic) bond motifs is 1. The normalized spacial score (nSPS) is 13.5. The number of benzene rings is 2. The fourth-order valence-corrected chi connectivity index (χ4v) is 4.38. The van der Waals surface area contributed by atoms with Crippen LogP contribution in [0.5, 0.6) is 11.5 Å². The minimum absolute atomic E-state index is 0.202. The molecule has 0 saturated heterocycles. The van der Waals surface area contributed by atoms with E-state index >= 15 is 0 Å². The second-order valence-electron chi connectivity index (χ2n) is 8.69. The lowest BCUT2D eigenvalue weighted by atomic mass is 9.94. The van der Waals surface area contributed by atoms with Crippen molar-refractivity contribution in [1.29, 1.82) is 0 Å². The van der Waals surface area contributed by atoms with Gasteiger partial charge in [0.2, 0.25) is 5.91 Å². The Morgan fingerprint density at radius 2 is 1.78 bits per heavy atom. The molecule has 0 spiro atoms. The Kier molecular flexibility index (Phi) is 9.11. The minimum atomic E-state index is -0.753. The van der Waals surface area contributed by atoms with Crippen molar-refractivity contribution in [2.45, 2.75) is 52.2 Å². The molecule has 0 aromatic heterocycles. The molecule has 1 atom stereocenters. The highest BCUT2D eigenvalue weighted by atomic mass is 16.5. The summed E-state index contributed by atoms with van der Waals surface area (Å²) in [6.45, 7) is 4.03. The van der Waals surface area contributed by atoms with Gasteiger partial charge in [-0.05, 0) is 37.8 Å². The van der Waals surface area contributed by atoms with Gasteiger partial charge in [-0.2, -0.15) is 0 Å². The van der Waals surface area contributed by atoms with E-state index in [1.807, 2.05) is 50.3 Å². The summed E-state index contributed by atoms with van der Waals surface area (Å²) >= 11 is 0. The molecule has 1 heterocycles. The van der Waals surface area contributed by atoms with Crippen LogP contribution in [0.1, 0.15) is 52.4 Å². The fraction of sp³-hybridized carbons (Fsp3) is 0.393. The monoisotopic (exact) mass is 495 g/mol. The molecule has 8 nitrogen and oxygen atoms in total. The number of amides is 1. The van der Waals surface area contributed by atoms with E-state index in [0.29, 0.717) is 36.3 Å². The standard InChI is InChI=1S/C28H33NO7/c1-17(12-14-23(30)29-22(27(31)35-5)15-19-9-7-6-8-10-19)11-13-20-25(33-3)18(2)21-16-36-28(32)24(21)26(20)34-4/h6-11,22H,12-16H2,1-5H3,(H,29,30)/t22-/m0/s1. The number of allylic oxidation sites excluding steroid dienone is 2. The first kappa shape index (κ1) is 26.8. The Morgan fingerprint density at radius 3 is 2.42 bits per heavy atom. The predicted molar refractivity (Wildman–Crippen MR) is 134 cm³/mol. The highest BCUT2D eigenvalue weighted by molar-refractivity contribution is 5.98. The van der Waals surface area contributed by atoms with E-state index < -0.39 is 18.0 Å². The Hall–Kier alpha value is -3.81. The molecule has 8 heteroatoms. The molecule has 1 aliphatic heterocycles. The van der Waals surface area contributed by atoms with E-state index in [0.717, 1.165) is 27.8 Å². The smallest absolute Gasteiger partial charge is 0.342 e. The average Bonchev–Trinajstić information content (AvgIpc) is 3.27. The molecule has 0 bridgehead atoms. The molecule has 0 unspecified atom stereocenters. The SMILES string of the molecule is COC(=O)[C@H](Cc1ccccc1)NC(=O)CCC(C)=CCc1c(OC)c(C)c2c(c1OC)C(=O)OC2. The third-order valence-corrected chi connectivity index (χ3v) is 6.33. The maximum absolute atomic E-state index is 12.6. The number of nitrogens with one attached hydrogen (secondary N) is 1. The molecular weight excluding hydrogens is 462 g/mol. The summed E-state index contributed by atoms with van der Waals surface area (Å²) in [5.41, 5.74) is 4.75. The van der Waals surface area contributed by atoms with E-state index in [2.05, 4.69) is 5.32 Å². The van der Waals surface area contributed by atoms with Gasteiger partial charge in [0.15, 0.2) is 0 Å². The molecule has 1 aliphatic rings. The van der Waals surface area contributed by atoms with Crippen LogP contribution in [-0.4, -0.2) is 45.2 Å². The fourth-order valence-electron chi connectivity index (χ4n) is 4.38. The van der Waals surface area contributed by atoms with Crippen molar-refractivity contribution in [1.82, 2.24) is 5.32 Å². The van der Waals surface area contributed by atoms with Crippen LogP contribution in [-0.2, 0) is 38.5 Å². The van der Waals surface area contributed by atoms with Crippen molar-refractivity contribution >= 4 is 17.8 Å². The van der Waals surface area contributed by atoms with Crippen molar-refractivity contribution in [3.05, 3.63) is 69.8 Å². The van der Waals surface area contributed by atoms with E-state index in [9.17, 15) is 14.4 Å². The van der Waals surface area contributed by atoms with Crippen LogP contribution in [0.2, 0.25) is 0 Å². The quantitative estimate of drug-likeness (QED) is 0.373. The third kappa shape index (κ3) is 6.05. The molecule has 0 fully saturated rings. The number of hydrogen-bond donors (Lipinski definition) is 1. The first-order valence-electron chi connectivity index (χ1n) is 11.8. The van der Waals surface area contributed by atoms with Crippen LogP contribution >= 0.6 is 0 Å². The van der Waals surface area contributed by atoms with Crippen molar-refractivity contribution in [2.75, 3.05) is 21.3 Å². The van der Waals surface area contributed by atoms with Crippen LogP contribution in [0, 0.1) is 6.92 Å². The van der Waals surface area contributed by atoms with Crippen LogP contribution in [0.3, 0.4) is 0 Å². The number of rotatable bonds is 11. The lowest BCUT2D eigenvalue weighted by molar-refractivity contribution is -0.145. The Morgan fingerprint density at radius 1 is 1.08 bits per heavy atom. The molecule has 1 N–H and O–H groups in total. The second kappa shape index (κ2) is 12.2. The van der Waals surface area contributed by atoms with Crippen molar-refractivity contribution in [2.24, 2.45) is 0 Å². The summed E-state index contributed by atoms with van der Waals surface area (Å²) in [7, 11) is 4.42. The topological polar surface area (TPSA) is 100 Å². The van der Waals surface area contributed by atoms with Gasteiger partial charge in [0.05, 0.1) is 21.3 Å². The van der Waals surface area contributed by atoms with Crippen molar-refractivity contribution in [3.63, 3.8) is 0 Å². The molecule has 1 amide bonds. The first-order valence-corrected chi connectivity index (χ1v) is 11.8. The molecular formula is C28H33NO7. The van der Waals surface area contributed by atoms with Gasteiger partial charge >= 0.3 is 11.9 Å². The number of esters is 2. The number of carbonyl (C=O) groups is 3. The summed E-state index contributed by atoms with van der Waals surface area (Å²) in [5, 5.41) is 2.79. The highest BCUT2D eigenvalue weighted by Gasteiger charge is 2.32. The van der Waals surface area contributed by atoms with Gasteiger partial charge in [-0.3, -0.25) is 4.79 Å². The number of hydrogen-bond acceptors (Lipinski definition) is 7. The van der Waals surface area contributed by atoms with Crippen LogP contribution in [0.4, 0.5) is 0 Å². The molecule has 2 aromatic rings. The van der Waals surface area contributed by atoms with Crippen LogP contribution in [0.25, 0.3) is 0 Å². The first-order chi connectivity index (χ1) is 17.3. The number of carbonyl (C=O) groups excluding carboxylic acids is 3. The summed E-state index contributed by atoms with van der Waals surface area (Å²) < 4.78 is 21.3. The molecule has 36 heavy (non-hydrogen) atoms. The minimum Gasteiger partial charge on any atom is -0.496 e. The van der Waals surface area contributed by atoms with E-state index in [1.54, 1.807) is 7.11 Å². The highest BCUT2D eigenvalue weighted by Crippen LogP contribution is 2.42. The summed E-state index contributed by atoms with van der Waals surface area (Å²) in [5.74, 6) is -0.00230. The Balaban J connectivity index is 1.67. The molecule has 3 rings (SSSR count). The van der Waals surface area contributed by atoms with E-state index in [4.69, 9.17) is 18.9 Å². The zero-order chi connectivity index (χ0) is 26.2. The Bertz CT molecular complexity index is 1150. The number of cyclic esters (lactones) is 1. The van der Waals surface area contributed by atoms with Gasteiger partial charge < -0.3 is 24.3 Å². The predicted octanol–water partition coefficient (Wildman–Crippen LogP) is 3.85.